The van der Waals surface area contributed by atoms with Gasteiger partial charge in [0.1, 0.15) is 0 Å². The summed E-state index contributed by atoms with van der Waals surface area (Å²) in [6.07, 6.45) is -1.33. The van der Waals surface area contributed by atoms with Crippen molar-refractivity contribution >= 4 is 37.6 Å². The molecule has 1 aromatic heterocycles. The van der Waals surface area contributed by atoms with Crippen LogP contribution in [0.25, 0.3) is 20.2 Å². The smallest absolute Gasteiger partial charge is 0.402 e. The summed E-state index contributed by atoms with van der Waals surface area (Å²) in [7, 11) is 0. The summed E-state index contributed by atoms with van der Waals surface area (Å²) in [5, 5.41) is 8.84. The molecule has 0 radical (unpaired) electrons. The van der Waals surface area contributed by atoms with E-state index in [9.17, 15) is 4.79 Å². The predicted molar refractivity (Wildman–Crippen MR) is 77.8 cm³/mol. The Morgan fingerprint density at radius 3 is 1.74 bits per heavy atom. The van der Waals surface area contributed by atoms with E-state index >= 15 is 0 Å². The highest BCUT2D eigenvalue weighted by atomic mass is 32.1. The molecule has 96 valence electrons. The van der Waals surface area contributed by atoms with Crippen molar-refractivity contribution in [2.75, 3.05) is 0 Å². The van der Waals surface area contributed by atoms with Crippen molar-refractivity contribution in [2.45, 2.75) is 0 Å². The third-order valence-electron chi connectivity index (χ3n) is 2.48. The molecule has 0 atom stereocenters. The number of carbonyl (C=O) groups is 1. The van der Waals surface area contributed by atoms with Crippen LogP contribution in [0, 0.1) is 0 Å². The largest absolute Gasteiger partial charge is 0.465 e. The molecule has 3 rings (SSSR count). The van der Waals surface area contributed by atoms with Crippen LogP contribution < -0.4 is 11.2 Å². The Kier molecular flexibility index (Phi) is 3.77. The first-order valence-electron chi connectivity index (χ1n) is 5.48. The van der Waals surface area contributed by atoms with Gasteiger partial charge >= 0.3 is 6.09 Å². The van der Waals surface area contributed by atoms with Gasteiger partial charge in [-0.2, -0.15) is 0 Å². The summed E-state index contributed by atoms with van der Waals surface area (Å²) < 4.78 is 2.11. The standard InChI is InChI=1S/C13H8OS.CH3NO2/c14-13-9-5-1-3-7-11(9)15-12-8-4-2-6-10(12)13;2-1(3)4/h1-8H;2H2,(H,3,4). The lowest BCUT2D eigenvalue weighted by atomic mass is 10.2. The highest BCUT2D eigenvalue weighted by Crippen LogP contribution is 2.23. The van der Waals surface area contributed by atoms with Crippen molar-refractivity contribution in [1.82, 2.24) is 0 Å². The van der Waals surface area contributed by atoms with Crippen molar-refractivity contribution in [3.8, 4) is 0 Å². The van der Waals surface area contributed by atoms with Crippen LogP contribution >= 0.6 is 11.3 Å². The van der Waals surface area contributed by atoms with Crippen LogP contribution in [0.4, 0.5) is 4.79 Å². The average molecular weight is 273 g/mol. The summed E-state index contributed by atoms with van der Waals surface area (Å²) >= 11 is 1.67. The molecule has 0 saturated heterocycles. The molecule has 0 bridgehead atoms. The van der Waals surface area contributed by atoms with Crippen LogP contribution in [-0.4, -0.2) is 11.2 Å². The van der Waals surface area contributed by atoms with Gasteiger partial charge in [-0.05, 0) is 24.3 Å². The molecule has 0 fully saturated rings. The van der Waals surface area contributed by atoms with E-state index in [0.717, 1.165) is 20.2 Å². The molecule has 2 aromatic carbocycles. The molecule has 0 aliphatic heterocycles. The maximum Gasteiger partial charge on any atom is 0.402 e. The van der Waals surface area contributed by atoms with Gasteiger partial charge in [-0.15, -0.1) is 11.3 Å². The first-order valence-corrected chi connectivity index (χ1v) is 6.30. The number of fused-ring (bicyclic) bond motifs is 2. The molecule has 0 aliphatic carbocycles. The normalized spacial score (nSPS) is 9.89. The molecular formula is C14H11NO3S. The zero-order chi connectivity index (χ0) is 13.8. The maximum absolute atomic E-state index is 12.1. The van der Waals surface area contributed by atoms with Crippen LogP contribution in [-0.2, 0) is 0 Å². The monoisotopic (exact) mass is 273 g/mol. The molecule has 3 N–H and O–H groups in total. The van der Waals surface area contributed by atoms with Gasteiger partial charge in [-0.1, -0.05) is 24.3 Å². The van der Waals surface area contributed by atoms with Crippen molar-refractivity contribution < 1.29 is 9.90 Å². The fraction of sp³-hybridized carbons (Fsp3) is 0. The Morgan fingerprint density at radius 1 is 0.947 bits per heavy atom. The Labute approximate surface area is 112 Å². The van der Waals surface area contributed by atoms with E-state index < -0.39 is 6.09 Å². The van der Waals surface area contributed by atoms with Gasteiger partial charge in [0.2, 0.25) is 0 Å². The second-order valence-electron chi connectivity index (χ2n) is 3.76. The number of hydrogen-bond acceptors (Lipinski definition) is 3. The van der Waals surface area contributed by atoms with E-state index in [-0.39, 0.29) is 5.43 Å². The Hall–Kier alpha value is -2.40. The lowest BCUT2D eigenvalue weighted by Gasteiger charge is -1.99. The molecule has 1 heterocycles. The average Bonchev–Trinajstić information content (AvgIpc) is 2.38. The molecule has 0 spiro atoms. The highest BCUT2D eigenvalue weighted by molar-refractivity contribution is 7.24. The minimum atomic E-state index is -1.33. The van der Waals surface area contributed by atoms with Crippen LogP contribution in [0.2, 0.25) is 0 Å². The van der Waals surface area contributed by atoms with Gasteiger partial charge in [0.05, 0.1) is 0 Å². The number of benzene rings is 2. The molecule has 1 amide bonds. The third-order valence-corrected chi connectivity index (χ3v) is 3.64. The highest BCUT2D eigenvalue weighted by Gasteiger charge is 2.03. The van der Waals surface area contributed by atoms with Crippen molar-refractivity contribution in [3.05, 3.63) is 58.8 Å². The van der Waals surface area contributed by atoms with Crippen molar-refractivity contribution in [1.29, 1.82) is 0 Å². The van der Waals surface area contributed by atoms with E-state index in [2.05, 4.69) is 5.73 Å². The summed E-state index contributed by atoms with van der Waals surface area (Å²) in [4.78, 5) is 20.9. The van der Waals surface area contributed by atoms with Crippen molar-refractivity contribution in [3.63, 3.8) is 0 Å². The quantitative estimate of drug-likeness (QED) is 0.618. The molecule has 4 nitrogen and oxygen atoms in total. The number of hydrogen-bond donors (Lipinski definition) is 2. The number of carboxylic acid groups (broad SMARTS) is 1. The third kappa shape index (κ3) is 2.89. The van der Waals surface area contributed by atoms with Gasteiger partial charge in [0.15, 0.2) is 5.43 Å². The summed E-state index contributed by atoms with van der Waals surface area (Å²) in [5.41, 5.74) is 4.17. The zero-order valence-electron chi connectivity index (χ0n) is 9.87. The molecule has 0 aliphatic rings. The summed E-state index contributed by atoms with van der Waals surface area (Å²) in [6, 6.07) is 15.5. The first-order chi connectivity index (χ1) is 9.09. The molecule has 0 unspecified atom stereocenters. The van der Waals surface area contributed by atoms with Gasteiger partial charge < -0.3 is 10.8 Å². The minimum absolute atomic E-state index is 0.139. The zero-order valence-corrected chi connectivity index (χ0v) is 10.7. The summed E-state index contributed by atoms with van der Waals surface area (Å²) in [5.74, 6) is 0. The minimum Gasteiger partial charge on any atom is -0.465 e. The topological polar surface area (TPSA) is 80.4 Å². The van der Waals surface area contributed by atoms with Crippen LogP contribution in [0.15, 0.2) is 53.3 Å². The number of amides is 1. The lowest BCUT2D eigenvalue weighted by Crippen LogP contribution is -2.03. The van der Waals surface area contributed by atoms with E-state index in [0.29, 0.717) is 0 Å². The number of rotatable bonds is 0. The van der Waals surface area contributed by atoms with Crippen molar-refractivity contribution in [2.24, 2.45) is 5.73 Å². The van der Waals surface area contributed by atoms with E-state index in [1.165, 1.54) is 0 Å². The van der Waals surface area contributed by atoms with Crippen LogP contribution in [0.5, 0.6) is 0 Å². The predicted octanol–water partition coefficient (Wildman–Crippen LogP) is 3.04. The van der Waals surface area contributed by atoms with E-state index in [1.54, 1.807) is 11.3 Å². The Bertz CT molecular complexity index is 734. The summed E-state index contributed by atoms with van der Waals surface area (Å²) in [6.45, 7) is 0. The SMILES string of the molecule is NC(=O)O.O=c1c2ccccc2sc2ccccc12. The maximum atomic E-state index is 12.1. The second kappa shape index (κ2) is 5.49. The van der Waals surface area contributed by atoms with Crippen LogP contribution in [0.1, 0.15) is 0 Å². The van der Waals surface area contributed by atoms with E-state index in [1.807, 2.05) is 48.5 Å². The van der Waals surface area contributed by atoms with Gasteiger partial charge in [-0.3, -0.25) is 4.79 Å². The first kappa shape index (κ1) is 13.0. The Morgan fingerprint density at radius 2 is 1.32 bits per heavy atom. The fourth-order valence-electron chi connectivity index (χ4n) is 1.75. The number of nitrogens with two attached hydrogens (primary N) is 1. The second-order valence-corrected chi connectivity index (χ2v) is 4.85. The number of primary amides is 1. The molecule has 5 heteroatoms. The van der Waals surface area contributed by atoms with Gasteiger partial charge in [0, 0.05) is 20.2 Å². The van der Waals surface area contributed by atoms with Gasteiger partial charge in [-0.25, -0.2) is 4.79 Å². The molecule has 3 aromatic rings. The fourth-order valence-corrected chi connectivity index (χ4v) is 2.82. The van der Waals surface area contributed by atoms with Gasteiger partial charge in [0.25, 0.3) is 0 Å². The molecular weight excluding hydrogens is 262 g/mol. The molecule has 19 heavy (non-hydrogen) atoms. The van der Waals surface area contributed by atoms with Crippen LogP contribution in [0.3, 0.4) is 0 Å². The van der Waals surface area contributed by atoms with E-state index in [4.69, 9.17) is 9.90 Å². The Balaban J connectivity index is 0.000000297. The molecule has 0 saturated carbocycles. The lowest BCUT2D eigenvalue weighted by molar-refractivity contribution is 0.205.